The van der Waals surface area contributed by atoms with Crippen LogP contribution in [0.15, 0.2) is 0 Å². The van der Waals surface area contributed by atoms with Gasteiger partial charge in [-0.15, -0.1) is 0 Å². The molecule has 0 aliphatic rings. The molecule has 0 fully saturated rings. The summed E-state index contributed by atoms with van der Waals surface area (Å²) in [5.41, 5.74) is -2.74. The molecule has 7 nitrogen and oxygen atoms in total. The first kappa shape index (κ1) is 19.9. The number of hydrogen-bond acceptors (Lipinski definition) is 4. The van der Waals surface area contributed by atoms with Crippen LogP contribution in [0, 0.1) is 0 Å². The van der Waals surface area contributed by atoms with Crippen LogP contribution in [0.2, 0.25) is 0 Å². The zero-order valence-electron chi connectivity index (χ0n) is 7.16. The van der Waals surface area contributed by atoms with Crippen molar-refractivity contribution in [3.05, 3.63) is 0 Å². The minimum Gasteiger partial charge on any atom is -0.481 e. The van der Waals surface area contributed by atoms with Crippen LogP contribution < -0.4 is 0 Å². The molecule has 4 N–H and O–H groups in total. The second-order valence-corrected chi connectivity index (χ2v) is 2.48. The van der Waals surface area contributed by atoms with E-state index in [0.29, 0.717) is 0 Å². The van der Waals surface area contributed by atoms with Crippen molar-refractivity contribution in [3.63, 3.8) is 0 Å². The van der Waals surface area contributed by atoms with Crippen LogP contribution in [0.4, 0.5) is 0 Å². The van der Waals surface area contributed by atoms with E-state index in [4.69, 9.17) is 20.4 Å². The summed E-state index contributed by atoms with van der Waals surface area (Å²) < 4.78 is 0. The van der Waals surface area contributed by atoms with Crippen LogP contribution in [-0.2, 0) is 48.5 Å². The first-order valence-corrected chi connectivity index (χ1v) is 3.17. The molecular formula is C6H8FeMnO7. The van der Waals surface area contributed by atoms with Gasteiger partial charge in [0.25, 0.3) is 0 Å². The van der Waals surface area contributed by atoms with E-state index in [-0.39, 0.29) is 34.1 Å². The first-order valence-electron chi connectivity index (χ1n) is 3.17. The molecule has 0 aliphatic heterocycles. The fourth-order valence-corrected chi connectivity index (χ4v) is 0.714. The summed E-state index contributed by atoms with van der Waals surface area (Å²) in [7, 11) is 0. The predicted octanol–water partition coefficient (Wildman–Crippen LogP) is -1.25. The van der Waals surface area contributed by atoms with Crippen molar-refractivity contribution in [1.82, 2.24) is 0 Å². The summed E-state index contributed by atoms with van der Waals surface area (Å²) in [5, 5.41) is 33.8. The van der Waals surface area contributed by atoms with Crippen LogP contribution in [0.3, 0.4) is 0 Å². The standard InChI is InChI=1S/C6H8O7.Fe.Mn/c7-3(8)1-6(13,5(11)12)2-4(9)10;;/h13H,1-2H2,(H,7,8)(H,9,10)(H,11,12);;. The normalized spacial score (nSPS) is 9.40. The van der Waals surface area contributed by atoms with E-state index in [1.54, 1.807) is 0 Å². The van der Waals surface area contributed by atoms with Crippen molar-refractivity contribution in [3.8, 4) is 0 Å². The molecule has 0 saturated carbocycles. The Labute approximate surface area is 105 Å². The molecule has 1 radical (unpaired) electrons. The molecule has 0 atom stereocenters. The van der Waals surface area contributed by atoms with Crippen LogP contribution >= 0.6 is 0 Å². The average molecular weight is 303 g/mol. The van der Waals surface area contributed by atoms with Crippen molar-refractivity contribution in [1.29, 1.82) is 0 Å². The maximum atomic E-state index is 10.3. The maximum Gasteiger partial charge on any atom is 0.336 e. The van der Waals surface area contributed by atoms with Gasteiger partial charge in [-0.25, -0.2) is 4.79 Å². The zero-order chi connectivity index (χ0) is 10.6. The van der Waals surface area contributed by atoms with E-state index in [9.17, 15) is 14.4 Å². The molecule has 0 heterocycles. The van der Waals surface area contributed by atoms with Crippen LogP contribution in [0.25, 0.3) is 0 Å². The number of carboxylic acid groups (broad SMARTS) is 3. The Bertz CT molecular complexity index is 238. The fraction of sp³-hybridized carbons (Fsp3) is 0.500. The summed E-state index contributed by atoms with van der Waals surface area (Å²) in [4.78, 5) is 30.5. The Morgan fingerprint density at radius 3 is 1.33 bits per heavy atom. The summed E-state index contributed by atoms with van der Waals surface area (Å²) in [6.45, 7) is 0. The van der Waals surface area contributed by atoms with Gasteiger partial charge in [0.05, 0.1) is 12.8 Å². The Morgan fingerprint density at radius 2 is 1.20 bits per heavy atom. The summed E-state index contributed by atoms with van der Waals surface area (Å²) in [5.74, 6) is -5.02. The van der Waals surface area contributed by atoms with Gasteiger partial charge >= 0.3 is 17.9 Å². The number of aliphatic carboxylic acids is 3. The second-order valence-electron chi connectivity index (χ2n) is 2.48. The Morgan fingerprint density at radius 1 is 0.933 bits per heavy atom. The van der Waals surface area contributed by atoms with Crippen molar-refractivity contribution in [2.75, 3.05) is 0 Å². The molecule has 0 spiro atoms. The Balaban J connectivity index is -0.000000720. The van der Waals surface area contributed by atoms with Crippen molar-refractivity contribution in [2.24, 2.45) is 0 Å². The van der Waals surface area contributed by atoms with Gasteiger partial charge in [0.1, 0.15) is 0 Å². The van der Waals surface area contributed by atoms with E-state index in [1.807, 2.05) is 0 Å². The molecule has 89 valence electrons. The van der Waals surface area contributed by atoms with Gasteiger partial charge < -0.3 is 20.4 Å². The summed E-state index contributed by atoms with van der Waals surface area (Å²) in [6.07, 6.45) is -2.29. The first-order chi connectivity index (χ1) is 5.78. The number of carbonyl (C=O) groups is 3. The van der Waals surface area contributed by atoms with Gasteiger partial charge in [0.15, 0.2) is 5.60 Å². The number of aliphatic hydroxyl groups is 1. The number of rotatable bonds is 5. The molecule has 9 heteroatoms. The van der Waals surface area contributed by atoms with Gasteiger partial charge in [-0.3, -0.25) is 9.59 Å². The Hall–Kier alpha value is -0.591. The molecular weight excluding hydrogens is 295 g/mol. The molecule has 0 amide bonds. The molecule has 15 heavy (non-hydrogen) atoms. The molecule has 0 aromatic rings. The van der Waals surface area contributed by atoms with E-state index < -0.39 is 36.4 Å². The molecule has 0 aromatic heterocycles. The molecule has 0 aromatic carbocycles. The number of carboxylic acids is 3. The fourth-order valence-electron chi connectivity index (χ4n) is 0.714. The predicted molar refractivity (Wildman–Crippen MR) is 37.1 cm³/mol. The minimum atomic E-state index is -2.74. The van der Waals surface area contributed by atoms with Crippen LogP contribution in [0.1, 0.15) is 12.8 Å². The molecule has 0 aliphatic carbocycles. The monoisotopic (exact) mass is 303 g/mol. The number of hydrogen-bond donors (Lipinski definition) is 4. The van der Waals surface area contributed by atoms with E-state index in [1.165, 1.54) is 0 Å². The van der Waals surface area contributed by atoms with Gasteiger partial charge in [-0.2, -0.15) is 0 Å². The SMILES string of the molecule is O=C(O)CC(O)(CC(=O)O)C(=O)O.[Fe].[Mn]. The quantitative estimate of drug-likeness (QED) is 0.466. The van der Waals surface area contributed by atoms with E-state index in [0.717, 1.165) is 0 Å². The van der Waals surface area contributed by atoms with E-state index >= 15 is 0 Å². The maximum absolute atomic E-state index is 10.3. The third kappa shape index (κ3) is 7.35. The van der Waals surface area contributed by atoms with Crippen LogP contribution in [0.5, 0.6) is 0 Å². The van der Waals surface area contributed by atoms with Crippen molar-refractivity contribution < 1.29 is 68.9 Å². The molecule has 0 rings (SSSR count). The topological polar surface area (TPSA) is 132 Å². The zero-order valence-corrected chi connectivity index (χ0v) is 9.44. The van der Waals surface area contributed by atoms with Gasteiger partial charge in [0, 0.05) is 34.1 Å². The van der Waals surface area contributed by atoms with Crippen molar-refractivity contribution >= 4 is 17.9 Å². The van der Waals surface area contributed by atoms with Gasteiger partial charge in [0.2, 0.25) is 0 Å². The Kier molecular flexibility index (Phi) is 10.2. The third-order valence-electron chi connectivity index (χ3n) is 1.29. The molecule has 0 saturated heterocycles. The van der Waals surface area contributed by atoms with E-state index in [2.05, 4.69) is 0 Å². The largest absolute Gasteiger partial charge is 0.481 e. The summed E-state index contributed by atoms with van der Waals surface area (Å²) in [6, 6.07) is 0. The van der Waals surface area contributed by atoms with Crippen molar-refractivity contribution in [2.45, 2.75) is 18.4 Å². The van der Waals surface area contributed by atoms with Gasteiger partial charge in [-0.05, 0) is 0 Å². The average Bonchev–Trinajstić information content (AvgIpc) is 1.82. The molecule has 0 unspecified atom stereocenters. The third-order valence-corrected chi connectivity index (χ3v) is 1.29. The summed E-state index contributed by atoms with van der Waals surface area (Å²) >= 11 is 0. The van der Waals surface area contributed by atoms with Crippen LogP contribution in [-0.4, -0.2) is 43.9 Å². The second kappa shape index (κ2) is 7.67. The molecule has 0 bridgehead atoms. The smallest absolute Gasteiger partial charge is 0.336 e. The minimum absolute atomic E-state index is 0. The van der Waals surface area contributed by atoms with Gasteiger partial charge in [-0.1, -0.05) is 0 Å².